The van der Waals surface area contributed by atoms with Gasteiger partial charge in [0, 0.05) is 3.58 Å². The second-order valence-electron chi connectivity index (χ2n) is 3.92. The Morgan fingerprint density at radius 1 is 1.41 bits per heavy atom. The number of benzene rings is 1. The first-order valence-corrected chi connectivity index (χ1v) is 6.73. The molecule has 1 atom stereocenters. The van der Waals surface area contributed by atoms with Gasteiger partial charge in [0.2, 0.25) is 0 Å². The average Bonchev–Trinajstić information content (AvgIpc) is 2.30. The van der Waals surface area contributed by atoms with Crippen molar-refractivity contribution in [2.75, 3.05) is 6.61 Å². The number of aryl methyl sites for hydroxylation is 1. The second-order valence-corrected chi connectivity index (χ2v) is 5.08. The molecule has 0 radical (unpaired) electrons. The molecule has 0 N–H and O–H groups in total. The van der Waals surface area contributed by atoms with E-state index in [1.807, 2.05) is 19.9 Å². The van der Waals surface area contributed by atoms with Crippen molar-refractivity contribution in [3.8, 4) is 0 Å². The molecule has 1 unspecified atom stereocenters. The van der Waals surface area contributed by atoms with Gasteiger partial charge in [-0.05, 0) is 48.9 Å². The summed E-state index contributed by atoms with van der Waals surface area (Å²) in [4.78, 5) is 11.5. The van der Waals surface area contributed by atoms with Crippen LogP contribution in [0.4, 0.5) is 0 Å². The number of halogens is 1. The maximum absolute atomic E-state index is 11.5. The molecule has 92 valence electrons. The van der Waals surface area contributed by atoms with Crippen molar-refractivity contribution in [2.45, 2.75) is 20.8 Å². The maximum atomic E-state index is 11.5. The molecule has 0 saturated heterocycles. The van der Waals surface area contributed by atoms with Gasteiger partial charge in [0.05, 0.1) is 12.5 Å². The van der Waals surface area contributed by atoms with E-state index in [9.17, 15) is 4.79 Å². The van der Waals surface area contributed by atoms with Crippen LogP contribution in [0.1, 0.15) is 25.0 Å². The van der Waals surface area contributed by atoms with Crippen LogP contribution >= 0.6 is 22.6 Å². The molecule has 0 aliphatic carbocycles. The van der Waals surface area contributed by atoms with Crippen molar-refractivity contribution in [3.63, 3.8) is 0 Å². The minimum absolute atomic E-state index is 0.172. The largest absolute Gasteiger partial charge is 0.466 e. The van der Waals surface area contributed by atoms with Gasteiger partial charge in [-0.15, -0.1) is 0 Å². The normalized spacial score (nSPS) is 13.3. The number of carbonyl (C=O) groups excluding carboxylic acids is 1. The van der Waals surface area contributed by atoms with Gasteiger partial charge >= 0.3 is 5.97 Å². The highest BCUT2D eigenvalue weighted by atomic mass is 127. The van der Waals surface area contributed by atoms with Crippen LogP contribution in [0, 0.1) is 12.8 Å². The number of esters is 1. The number of rotatable bonds is 4. The highest BCUT2D eigenvalue weighted by Crippen LogP contribution is 2.24. The molecule has 17 heavy (non-hydrogen) atoms. The number of hydrogen-bond donors (Lipinski definition) is 0. The average molecular weight is 344 g/mol. The topological polar surface area (TPSA) is 26.3 Å². The van der Waals surface area contributed by atoms with Gasteiger partial charge in [-0.1, -0.05) is 35.9 Å². The van der Waals surface area contributed by atoms with E-state index in [0.29, 0.717) is 6.61 Å². The molecule has 1 aromatic rings. The number of hydrogen-bond acceptors (Lipinski definition) is 2. The summed E-state index contributed by atoms with van der Waals surface area (Å²) in [7, 11) is 0. The molecular weight excluding hydrogens is 327 g/mol. The Labute approximate surface area is 116 Å². The van der Waals surface area contributed by atoms with E-state index in [4.69, 9.17) is 4.74 Å². The van der Waals surface area contributed by atoms with Gasteiger partial charge in [0.1, 0.15) is 0 Å². The van der Waals surface area contributed by atoms with Gasteiger partial charge in [0.15, 0.2) is 0 Å². The summed E-state index contributed by atoms with van der Waals surface area (Å²) in [5, 5.41) is 0. The molecule has 0 saturated carbocycles. The fourth-order valence-corrected chi connectivity index (χ4v) is 2.27. The van der Waals surface area contributed by atoms with E-state index in [2.05, 4.69) is 53.8 Å². The molecule has 1 aromatic carbocycles. The summed E-state index contributed by atoms with van der Waals surface area (Å²) in [6.07, 6.45) is 1.93. The highest BCUT2D eigenvalue weighted by molar-refractivity contribution is 14.1. The van der Waals surface area contributed by atoms with Crippen molar-refractivity contribution in [2.24, 2.45) is 5.92 Å². The first kappa shape index (κ1) is 14.2. The molecule has 0 bridgehead atoms. The zero-order chi connectivity index (χ0) is 12.8. The standard InChI is InChI=1S/C14H17IO2/c1-4-17-14(16)11(3)9-13(15)12-7-5-10(2)6-8-12/h5-9,11H,4H2,1-3H3/b13-9+. The summed E-state index contributed by atoms with van der Waals surface area (Å²) in [5.74, 6) is -0.378. The summed E-state index contributed by atoms with van der Waals surface area (Å²) in [6, 6.07) is 8.25. The van der Waals surface area contributed by atoms with Crippen LogP contribution in [0.5, 0.6) is 0 Å². The van der Waals surface area contributed by atoms with E-state index >= 15 is 0 Å². The third-order valence-electron chi connectivity index (χ3n) is 2.38. The fraction of sp³-hybridized carbons (Fsp3) is 0.357. The smallest absolute Gasteiger partial charge is 0.312 e. The Hall–Kier alpha value is -0.840. The lowest BCUT2D eigenvalue weighted by Gasteiger charge is -2.07. The zero-order valence-corrected chi connectivity index (χ0v) is 12.5. The Bertz CT molecular complexity index is 407. The molecule has 0 aliphatic heterocycles. The molecule has 0 fully saturated rings. The monoisotopic (exact) mass is 344 g/mol. The van der Waals surface area contributed by atoms with Crippen LogP contribution < -0.4 is 0 Å². The van der Waals surface area contributed by atoms with Gasteiger partial charge < -0.3 is 4.74 Å². The third kappa shape index (κ3) is 4.50. The van der Waals surface area contributed by atoms with Gasteiger partial charge in [-0.3, -0.25) is 4.79 Å². The molecule has 0 heterocycles. The predicted octanol–water partition coefficient (Wildman–Crippen LogP) is 3.97. The summed E-state index contributed by atoms with van der Waals surface area (Å²) in [5.41, 5.74) is 2.36. The summed E-state index contributed by atoms with van der Waals surface area (Å²) >= 11 is 2.25. The number of carbonyl (C=O) groups is 1. The van der Waals surface area contributed by atoms with Gasteiger partial charge in [0.25, 0.3) is 0 Å². The fourth-order valence-electron chi connectivity index (χ4n) is 1.37. The van der Waals surface area contributed by atoms with E-state index < -0.39 is 0 Å². The first-order chi connectivity index (χ1) is 8.04. The molecule has 3 heteroatoms. The maximum Gasteiger partial charge on any atom is 0.312 e. The quantitative estimate of drug-likeness (QED) is 0.610. The van der Waals surface area contributed by atoms with E-state index in [1.54, 1.807) is 0 Å². The van der Waals surface area contributed by atoms with Crippen LogP contribution in [0.15, 0.2) is 30.3 Å². The Morgan fingerprint density at radius 3 is 2.53 bits per heavy atom. The summed E-state index contributed by atoms with van der Waals surface area (Å²) in [6.45, 7) is 6.16. The van der Waals surface area contributed by atoms with E-state index in [0.717, 1.165) is 9.14 Å². The van der Waals surface area contributed by atoms with Gasteiger partial charge in [-0.25, -0.2) is 0 Å². The lowest BCUT2D eigenvalue weighted by atomic mass is 10.1. The molecule has 2 nitrogen and oxygen atoms in total. The molecule has 0 amide bonds. The molecule has 0 aromatic heterocycles. The van der Waals surface area contributed by atoms with Crippen LogP contribution in [0.2, 0.25) is 0 Å². The van der Waals surface area contributed by atoms with Crippen molar-refractivity contribution < 1.29 is 9.53 Å². The second kappa shape index (κ2) is 6.79. The molecular formula is C14H17IO2. The van der Waals surface area contributed by atoms with Crippen LogP contribution in [-0.2, 0) is 9.53 Å². The molecule has 1 rings (SSSR count). The Morgan fingerprint density at radius 2 is 2.00 bits per heavy atom. The minimum atomic E-state index is -0.205. The SMILES string of the molecule is CCOC(=O)C(C)/C=C(/I)c1ccc(C)cc1. The predicted molar refractivity (Wildman–Crippen MR) is 79.0 cm³/mol. The Kier molecular flexibility index (Phi) is 5.68. The first-order valence-electron chi connectivity index (χ1n) is 5.65. The molecule has 0 spiro atoms. The van der Waals surface area contributed by atoms with Crippen molar-refractivity contribution >= 4 is 32.1 Å². The van der Waals surface area contributed by atoms with E-state index in [1.165, 1.54) is 5.56 Å². The Balaban J connectivity index is 2.78. The van der Waals surface area contributed by atoms with Crippen molar-refractivity contribution in [3.05, 3.63) is 41.5 Å². The zero-order valence-electron chi connectivity index (χ0n) is 10.4. The van der Waals surface area contributed by atoms with Crippen molar-refractivity contribution in [1.82, 2.24) is 0 Å². The lowest BCUT2D eigenvalue weighted by Crippen LogP contribution is -2.12. The van der Waals surface area contributed by atoms with Crippen LogP contribution in [-0.4, -0.2) is 12.6 Å². The lowest BCUT2D eigenvalue weighted by molar-refractivity contribution is -0.145. The van der Waals surface area contributed by atoms with Crippen molar-refractivity contribution in [1.29, 1.82) is 0 Å². The molecule has 0 aliphatic rings. The highest BCUT2D eigenvalue weighted by Gasteiger charge is 2.11. The van der Waals surface area contributed by atoms with Gasteiger partial charge in [-0.2, -0.15) is 0 Å². The number of ether oxygens (including phenoxy) is 1. The van der Waals surface area contributed by atoms with E-state index in [-0.39, 0.29) is 11.9 Å². The van der Waals surface area contributed by atoms with Crippen LogP contribution in [0.3, 0.4) is 0 Å². The summed E-state index contributed by atoms with van der Waals surface area (Å²) < 4.78 is 6.05. The minimum Gasteiger partial charge on any atom is -0.466 e. The third-order valence-corrected chi connectivity index (χ3v) is 3.36. The van der Waals surface area contributed by atoms with Crippen LogP contribution in [0.25, 0.3) is 3.58 Å².